The molecule has 2 heterocycles. The summed E-state index contributed by atoms with van der Waals surface area (Å²) in [6.07, 6.45) is 2.07. The molecule has 0 bridgehead atoms. The number of carboxylic acid groups (broad SMARTS) is 1. The number of carbonyl (C=O) groups is 1. The Hall–Kier alpha value is -2.92. The molecule has 1 saturated heterocycles. The summed E-state index contributed by atoms with van der Waals surface area (Å²) in [7, 11) is 0. The second-order valence-corrected chi connectivity index (χ2v) is 7.27. The van der Waals surface area contributed by atoms with Gasteiger partial charge in [0.05, 0.1) is 17.3 Å². The Labute approximate surface area is 158 Å². The number of hydrogen-bond acceptors (Lipinski definition) is 3. The second kappa shape index (κ2) is 7.37. The minimum Gasteiger partial charge on any atom is -0.481 e. The summed E-state index contributed by atoms with van der Waals surface area (Å²) in [6, 6.07) is 20.2. The van der Waals surface area contributed by atoms with Gasteiger partial charge in [-0.25, -0.2) is 4.68 Å². The van der Waals surface area contributed by atoms with Crippen molar-refractivity contribution >= 4 is 5.97 Å². The molecule has 5 nitrogen and oxygen atoms in total. The van der Waals surface area contributed by atoms with E-state index < -0.39 is 5.97 Å². The average Bonchev–Trinajstić information content (AvgIpc) is 3.27. The second-order valence-electron chi connectivity index (χ2n) is 7.27. The lowest BCUT2D eigenvalue weighted by molar-refractivity contribution is -0.142. The van der Waals surface area contributed by atoms with Gasteiger partial charge in [-0.2, -0.15) is 5.10 Å². The molecule has 1 fully saturated rings. The van der Waals surface area contributed by atoms with Crippen LogP contribution >= 0.6 is 0 Å². The van der Waals surface area contributed by atoms with Gasteiger partial charge in [-0.3, -0.25) is 9.69 Å². The smallest absolute Gasteiger partial charge is 0.308 e. The quantitative estimate of drug-likeness (QED) is 0.753. The molecule has 0 unspecified atom stereocenters. The van der Waals surface area contributed by atoms with Crippen molar-refractivity contribution in [3.8, 4) is 16.9 Å². The van der Waals surface area contributed by atoms with Crippen LogP contribution in [0.4, 0.5) is 0 Å². The van der Waals surface area contributed by atoms with Crippen LogP contribution < -0.4 is 0 Å². The molecule has 3 aromatic rings. The first-order valence-corrected chi connectivity index (χ1v) is 9.26. The van der Waals surface area contributed by atoms with E-state index in [0.29, 0.717) is 13.1 Å². The number of carboxylic acids is 1. The molecular weight excluding hydrogens is 338 g/mol. The van der Waals surface area contributed by atoms with E-state index in [9.17, 15) is 9.90 Å². The van der Waals surface area contributed by atoms with Crippen LogP contribution in [0.25, 0.3) is 16.9 Å². The minimum absolute atomic E-state index is 0.159. The molecule has 2 aromatic carbocycles. The molecule has 27 heavy (non-hydrogen) atoms. The van der Waals surface area contributed by atoms with Crippen LogP contribution in [0.1, 0.15) is 12.5 Å². The van der Waals surface area contributed by atoms with Gasteiger partial charge in [0.2, 0.25) is 0 Å². The molecule has 0 spiro atoms. The van der Waals surface area contributed by atoms with E-state index in [4.69, 9.17) is 5.10 Å². The van der Waals surface area contributed by atoms with Gasteiger partial charge < -0.3 is 5.11 Å². The van der Waals surface area contributed by atoms with Crippen molar-refractivity contribution in [3.63, 3.8) is 0 Å². The lowest BCUT2D eigenvalue weighted by Gasteiger charge is -2.15. The summed E-state index contributed by atoms with van der Waals surface area (Å²) in [5, 5.41) is 14.2. The fourth-order valence-electron chi connectivity index (χ4n) is 3.84. The van der Waals surface area contributed by atoms with E-state index in [1.54, 1.807) is 0 Å². The first-order chi connectivity index (χ1) is 13.1. The molecule has 4 rings (SSSR count). The van der Waals surface area contributed by atoms with Crippen molar-refractivity contribution in [2.24, 2.45) is 11.8 Å². The molecule has 1 aromatic heterocycles. The summed E-state index contributed by atoms with van der Waals surface area (Å²) in [6.45, 7) is 4.10. The third-order valence-corrected chi connectivity index (χ3v) is 5.26. The number of aromatic nitrogens is 2. The lowest BCUT2D eigenvalue weighted by Crippen LogP contribution is -2.23. The number of likely N-dealkylation sites (tertiary alicyclic amines) is 1. The molecule has 0 saturated carbocycles. The normalized spacial score (nSPS) is 20.0. The maximum Gasteiger partial charge on any atom is 0.308 e. The van der Waals surface area contributed by atoms with Crippen LogP contribution in [0, 0.1) is 11.8 Å². The zero-order chi connectivity index (χ0) is 18.8. The molecule has 1 aliphatic heterocycles. The highest BCUT2D eigenvalue weighted by Crippen LogP contribution is 2.29. The number of para-hydroxylation sites is 1. The highest BCUT2D eigenvalue weighted by molar-refractivity contribution is 5.71. The average molecular weight is 361 g/mol. The lowest BCUT2D eigenvalue weighted by atomic mass is 9.99. The molecule has 5 heteroatoms. The van der Waals surface area contributed by atoms with Gasteiger partial charge in [-0.15, -0.1) is 0 Å². The van der Waals surface area contributed by atoms with Gasteiger partial charge in [0.15, 0.2) is 0 Å². The number of hydrogen-bond donors (Lipinski definition) is 1. The standard InChI is InChI=1S/C22H23N3O2/c1-16-12-24(15-20(16)22(26)27)13-18-14-25(19-10-6-3-7-11-19)23-21(18)17-8-4-2-5-9-17/h2-11,14,16,20H,12-13,15H2,1H3,(H,26,27)/t16-,20-/m1/s1. The van der Waals surface area contributed by atoms with Gasteiger partial charge in [0.25, 0.3) is 0 Å². The Morgan fingerprint density at radius 2 is 1.74 bits per heavy atom. The predicted molar refractivity (Wildman–Crippen MR) is 105 cm³/mol. The SMILES string of the molecule is C[C@@H]1CN(Cc2cn(-c3ccccc3)nc2-c2ccccc2)C[C@H]1C(=O)O. The molecule has 0 amide bonds. The van der Waals surface area contributed by atoms with Crippen molar-refractivity contribution in [2.45, 2.75) is 13.5 Å². The zero-order valence-electron chi connectivity index (χ0n) is 15.3. The van der Waals surface area contributed by atoms with Gasteiger partial charge in [-0.05, 0) is 18.1 Å². The summed E-state index contributed by atoms with van der Waals surface area (Å²) in [5.74, 6) is -0.838. The molecule has 1 N–H and O–H groups in total. The highest BCUT2D eigenvalue weighted by Gasteiger charge is 2.35. The van der Waals surface area contributed by atoms with E-state index in [1.165, 1.54) is 0 Å². The first kappa shape index (κ1) is 17.5. The van der Waals surface area contributed by atoms with E-state index in [-0.39, 0.29) is 11.8 Å². The Bertz CT molecular complexity index is 921. The highest BCUT2D eigenvalue weighted by atomic mass is 16.4. The fourth-order valence-corrected chi connectivity index (χ4v) is 3.84. The molecule has 0 radical (unpaired) electrons. The topological polar surface area (TPSA) is 58.4 Å². The van der Waals surface area contributed by atoms with Crippen molar-refractivity contribution < 1.29 is 9.90 Å². The van der Waals surface area contributed by atoms with Crippen molar-refractivity contribution in [3.05, 3.63) is 72.4 Å². The Morgan fingerprint density at radius 3 is 2.37 bits per heavy atom. The molecular formula is C22H23N3O2. The van der Waals surface area contributed by atoms with E-state index >= 15 is 0 Å². The molecule has 138 valence electrons. The van der Waals surface area contributed by atoms with Crippen LogP contribution in [-0.2, 0) is 11.3 Å². The molecule has 2 atom stereocenters. The van der Waals surface area contributed by atoms with Gasteiger partial charge in [0, 0.05) is 37.0 Å². The maximum absolute atomic E-state index is 11.4. The third kappa shape index (κ3) is 3.64. The number of aliphatic carboxylic acids is 1. The van der Waals surface area contributed by atoms with Crippen LogP contribution in [0.3, 0.4) is 0 Å². The van der Waals surface area contributed by atoms with Gasteiger partial charge in [-0.1, -0.05) is 55.5 Å². The van der Waals surface area contributed by atoms with Crippen molar-refractivity contribution in [1.82, 2.24) is 14.7 Å². The number of rotatable bonds is 5. The molecule has 1 aliphatic rings. The Morgan fingerprint density at radius 1 is 1.07 bits per heavy atom. The van der Waals surface area contributed by atoms with Crippen molar-refractivity contribution in [2.75, 3.05) is 13.1 Å². The third-order valence-electron chi connectivity index (χ3n) is 5.26. The Balaban J connectivity index is 1.67. The van der Waals surface area contributed by atoms with Crippen LogP contribution in [0.2, 0.25) is 0 Å². The monoisotopic (exact) mass is 361 g/mol. The Kier molecular flexibility index (Phi) is 4.77. The maximum atomic E-state index is 11.4. The predicted octanol–water partition coefficient (Wildman–Crippen LogP) is 3.69. The van der Waals surface area contributed by atoms with E-state index in [0.717, 1.165) is 29.1 Å². The van der Waals surface area contributed by atoms with Gasteiger partial charge in [0.1, 0.15) is 0 Å². The fraction of sp³-hybridized carbons (Fsp3) is 0.273. The van der Waals surface area contributed by atoms with Crippen LogP contribution in [0.5, 0.6) is 0 Å². The first-order valence-electron chi connectivity index (χ1n) is 9.26. The van der Waals surface area contributed by atoms with Crippen LogP contribution in [-0.4, -0.2) is 38.8 Å². The number of nitrogens with zero attached hydrogens (tertiary/aromatic N) is 3. The van der Waals surface area contributed by atoms with Crippen molar-refractivity contribution in [1.29, 1.82) is 0 Å². The largest absolute Gasteiger partial charge is 0.481 e. The van der Waals surface area contributed by atoms with Crippen LogP contribution in [0.15, 0.2) is 66.9 Å². The van der Waals surface area contributed by atoms with Gasteiger partial charge >= 0.3 is 5.97 Å². The summed E-state index contributed by atoms with van der Waals surface area (Å²) < 4.78 is 1.91. The van der Waals surface area contributed by atoms with E-state index in [1.807, 2.05) is 60.1 Å². The zero-order valence-corrected chi connectivity index (χ0v) is 15.3. The number of benzene rings is 2. The van der Waals surface area contributed by atoms with E-state index in [2.05, 4.69) is 23.2 Å². The summed E-state index contributed by atoms with van der Waals surface area (Å²) in [4.78, 5) is 13.7. The minimum atomic E-state index is -0.701. The summed E-state index contributed by atoms with van der Waals surface area (Å²) >= 11 is 0. The summed E-state index contributed by atoms with van der Waals surface area (Å²) in [5.41, 5.74) is 4.15. The molecule has 0 aliphatic carbocycles.